The highest BCUT2D eigenvalue weighted by molar-refractivity contribution is 5.80. The Hall–Kier alpha value is -2.37. The molecule has 0 saturated carbocycles. The second-order valence-electron chi connectivity index (χ2n) is 2.05. The zero-order valence-corrected chi connectivity index (χ0v) is 9.84. The summed E-state index contributed by atoms with van der Waals surface area (Å²) in [6.07, 6.45) is 3.04. The van der Waals surface area contributed by atoms with Crippen LogP contribution >= 0.6 is 0 Å². The van der Waals surface area contributed by atoms with Crippen LogP contribution in [0.3, 0.4) is 0 Å². The van der Waals surface area contributed by atoms with E-state index in [4.69, 9.17) is 5.11 Å². The number of carboxylic acid groups (broad SMARTS) is 1. The number of ether oxygens (including phenoxy) is 2. The number of methoxy groups -OCH3 is 1. The van der Waals surface area contributed by atoms with Crippen LogP contribution in [0.25, 0.3) is 0 Å². The van der Waals surface area contributed by atoms with Crippen molar-refractivity contribution >= 4 is 17.9 Å². The van der Waals surface area contributed by atoms with Crippen LogP contribution in [0.5, 0.6) is 0 Å². The molecule has 6 nitrogen and oxygen atoms in total. The lowest BCUT2D eigenvalue weighted by Gasteiger charge is -1.83. The van der Waals surface area contributed by atoms with Gasteiger partial charge in [0.25, 0.3) is 0 Å². The quantitative estimate of drug-likeness (QED) is 0.457. The van der Waals surface area contributed by atoms with Gasteiger partial charge in [-0.2, -0.15) is 0 Å². The highest BCUT2D eigenvalue weighted by Crippen LogP contribution is 1.70. The Morgan fingerprint density at radius 2 is 1.53 bits per heavy atom. The summed E-state index contributed by atoms with van der Waals surface area (Å²) >= 11 is 0. The zero-order valence-electron chi connectivity index (χ0n) is 9.84. The van der Waals surface area contributed by atoms with Gasteiger partial charge in [0.1, 0.15) is 0 Å². The van der Waals surface area contributed by atoms with E-state index in [0.29, 0.717) is 0 Å². The SMILES string of the molecule is C=CC(=O)O.C=CC(=O)OC.C=COC(C)=O. The van der Waals surface area contributed by atoms with Gasteiger partial charge >= 0.3 is 17.9 Å². The molecule has 0 aromatic rings. The van der Waals surface area contributed by atoms with Crippen molar-refractivity contribution in [2.75, 3.05) is 7.11 Å². The maximum Gasteiger partial charge on any atom is 0.329 e. The Bertz CT molecular complexity index is 280. The highest BCUT2D eigenvalue weighted by Gasteiger charge is 1.82. The van der Waals surface area contributed by atoms with E-state index in [1.165, 1.54) is 14.0 Å². The van der Waals surface area contributed by atoms with Crippen molar-refractivity contribution in [1.29, 1.82) is 0 Å². The van der Waals surface area contributed by atoms with Gasteiger partial charge in [-0.3, -0.25) is 4.79 Å². The average molecular weight is 244 g/mol. The second-order valence-corrected chi connectivity index (χ2v) is 2.05. The van der Waals surface area contributed by atoms with E-state index in [1.807, 2.05) is 0 Å². The molecule has 96 valence electrons. The van der Waals surface area contributed by atoms with E-state index in [0.717, 1.165) is 18.4 Å². The molecule has 1 N–H and O–H groups in total. The van der Waals surface area contributed by atoms with Crippen LogP contribution in [0.15, 0.2) is 38.2 Å². The van der Waals surface area contributed by atoms with Gasteiger partial charge in [-0.15, -0.1) is 0 Å². The first kappa shape index (κ1) is 20.1. The topological polar surface area (TPSA) is 89.9 Å². The molecule has 0 spiro atoms. The highest BCUT2D eigenvalue weighted by atomic mass is 16.5. The molecular formula is C11H16O6. The Balaban J connectivity index is -0.000000174. The molecule has 0 radical (unpaired) electrons. The lowest BCUT2D eigenvalue weighted by atomic mass is 10.7. The van der Waals surface area contributed by atoms with Crippen LogP contribution in [0.1, 0.15) is 6.92 Å². The normalized spacial score (nSPS) is 6.71. The molecule has 0 aliphatic heterocycles. The summed E-state index contributed by atoms with van der Waals surface area (Å²) in [5.74, 6) is -1.70. The van der Waals surface area contributed by atoms with Crippen LogP contribution in [0.4, 0.5) is 0 Å². The molecule has 0 aromatic heterocycles. The van der Waals surface area contributed by atoms with Gasteiger partial charge in [0.15, 0.2) is 0 Å². The summed E-state index contributed by atoms with van der Waals surface area (Å²) in [4.78, 5) is 28.8. The molecular weight excluding hydrogens is 228 g/mol. The summed E-state index contributed by atoms with van der Waals surface area (Å²) in [5.41, 5.74) is 0. The van der Waals surface area contributed by atoms with Crippen LogP contribution in [-0.4, -0.2) is 30.1 Å². The van der Waals surface area contributed by atoms with Gasteiger partial charge in [-0.25, -0.2) is 9.59 Å². The molecule has 0 aliphatic carbocycles. The lowest BCUT2D eigenvalue weighted by Crippen LogP contribution is -1.91. The summed E-state index contributed by atoms with van der Waals surface area (Å²) in [7, 11) is 1.31. The molecule has 0 unspecified atom stereocenters. The lowest BCUT2D eigenvalue weighted by molar-refractivity contribution is -0.136. The molecule has 6 heteroatoms. The van der Waals surface area contributed by atoms with E-state index in [-0.39, 0.29) is 5.97 Å². The van der Waals surface area contributed by atoms with Gasteiger partial charge in [0.05, 0.1) is 13.4 Å². The van der Waals surface area contributed by atoms with Crippen molar-refractivity contribution in [2.24, 2.45) is 0 Å². The number of carbonyl (C=O) groups is 3. The Kier molecular flexibility index (Phi) is 19.0. The fraction of sp³-hybridized carbons (Fsp3) is 0.182. The smallest absolute Gasteiger partial charge is 0.329 e. The van der Waals surface area contributed by atoms with Gasteiger partial charge in [0.2, 0.25) is 0 Å². The zero-order chi connectivity index (χ0) is 14.3. The molecule has 0 atom stereocenters. The molecule has 0 aliphatic rings. The van der Waals surface area contributed by atoms with Crippen molar-refractivity contribution < 1.29 is 29.0 Å². The van der Waals surface area contributed by atoms with Crippen LogP contribution in [-0.2, 0) is 23.9 Å². The number of carboxylic acids is 1. The summed E-state index contributed by atoms with van der Waals surface area (Å²) in [6, 6.07) is 0. The minimum Gasteiger partial charge on any atom is -0.478 e. The van der Waals surface area contributed by atoms with E-state index in [1.54, 1.807) is 0 Å². The first-order chi connectivity index (χ1) is 7.85. The molecule has 0 fully saturated rings. The first-order valence-electron chi connectivity index (χ1n) is 4.19. The minimum absolute atomic E-state index is 0.329. The van der Waals surface area contributed by atoms with Gasteiger partial charge in [0, 0.05) is 19.1 Å². The van der Waals surface area contributed by atoms with Crippen molar-refractivity contribution in [3.05, 3.63) is 38.2 Å². The van der Waals surface area contributed by atoms with Crippen molar-refractivity contribution in [2.45, 2.75) is 6.92 Å². The van der Waals surface area contributed by atoms with Crippen molar-refractivity contribution in [3.63, 3.8) is 0 Å². The monoisotopic (exact) mass is 244 g/mol. The molecule has 17 heavy (non-hydrogen) atoms. The molecule has 0 aromatic carbocycles. The van der Waals surface area contributed by atoms with Crippen LogP contribution in [0.2, 0.25) is 0 Å². The maximum absolute atomic E-state index is 9.84. The standard InChI is InChI=1S/2C4H6O2.C3H4O2/c1-3-4(5)6-2;1-3-6-4(2)5;1-2-3(4)5/h2*3H,1H2,2H3;2H,1H2,(H,4,5). The van der Waals surface area contributed by atoms with Crippen LogP contribution in [0, 0.1) is 0 Å². The Labute approximate surface area is 99.8 Å². The largest absolute Gasteiger partial charge is 0.478 e. The summed E-state index contributed by atoms with van der Waals surface area (Å²) in [6.45, 7) is 10.6. The summed E-state index contributed by atoms with van der Waals surface area (Å²) < 4.78 is 8.31. The van der Waals surface area contributed by atoms with Gasteiger partial charge < -0.3 is 14.6 Å². The van der Waals surface area contributed by atoms with Gasteiger partial charge in [-0.05, 0) is 0 Å². The second kappa shape index (κ2) is 16.1. The number of rotatable bonds is 3. The third-order valence-corrected chi connectivity index (χ3v) is 0.792. The van der Waals surface area contributed by atoms with E-state index < -0.39 is 11.9 Å². The van der Waals surface area contributed by atoms with E-state index in [2.05, 4.69) is 29.2 Å². The Morgan fingerprint density at radius 3 is 1.53 bits per heavy atom. The van der Waals surface area contributed by atoms with Crippen molar-refractivity contribution in [3.8, 4) is 0 Å². The third-order valence-electron chi connectivity index (χ3n) is 0.792. The fourth-order valence-electron chi connectivity index (χ4n) is 0.201. The summed E-state index contributed by atoms with van der Waals surface area (Å²) in [5, 5.41) is 7.60. The van der Waals surface area contributed by atoms with Crippen LogP contribution < -0.4 is 0 Å². The van der Waals surface area contributed by atoms with Crippen molar-refractivity contribution in [1.82, 2.24) is 0 Å². The predicted octanol–water partition coefficient (Wildman–Crippen LogP) is 1.30. The Morgan fingerprint density at radius 1 is 1.12 bits per heavy atom. The molecule has 0 heterocycles. The van der Waals surface area contributed by atoms with E-state index >= 15 is 0 Å². The maximum atomic E-state index is 9.84. The third kappa shape index (κ3) is 41.9. The van der Waals surface area contributed by atoms with Gasteiger partial charge in [-0.1, -0.05) is 19.7 Å². The first-order valence-corrected chi connectivity index (χ1v) is 4.19. The molecule has 0 saturated heterocycles. The average Bonchev–Trinajstić information content (AvgIpc) is 2.29. The number of hydrogen-bond donors (Lipinski definition) is 1. The number of hydrogen-bond acceptors (Lipinski definition) is 5. The molecule has 0 bridgehead atoms. The number of carbonyl (C=O) groups excluding carboxylic acids is 2. The molecule has 0 amide bonds. The number of esters is 2. The fourth-order valence-corrected chi connectivity index (χ4v) is 0.201. The van der Waals surface area contributed by atoms with E-state index in [9.17, 15) is 14.4 Å². The minimum atomic E-state index is -0.981. The predicted molar refractivity (Wildman–Crippen MR) is 62.0 cm³/mol. The molecule has 0 rings (SSSR count). The number of aliphatic carboxylic acids is 1.